The standard InChI is InChI=1S/C17H25BO4.C12H10O2.C10H10F3N.C7H6Br2/c1-15(2,14(19)20-7)12-9-8-10-13(11-12)18-21-16(3,4)17(5,6)22-18;1-8-6-7-9-4-2-3-5-10(9)11(8)12(13)14;11-10(12,13)7-3-1-6-2-4-9(14)8(6)5-7;8-5-6-1-3-7(9)4-2-6/h8-11H,1-7H3;2-7H,1H3,(H,13,14);1,3,5,9H,2,4,14H2;1-4H,5H2. The molecule has 59 heavy (non-hydrogen) atoms. The second-order valence-corrected chi connectivity index (χ2v) is 17.4. The maximum atomic E-state index is 12.3. The van der Waals surface area contributed by atoms with E-state index >= 15 is 0 Å². The minimum atomic E-state index is -4.27. The fraction of sp³-hybridized carbons (Fsp3) is 0.348. The lowest BCUT2D eigenvalue weighted by molar-refractivity contribution is -0.146. The number of methoxy groups -OCH3 is 1. The summed E-state index contributed by atoms with van der Waals surface area (Å²) in [6, 6.07) is 30.9. The molecule has 7 rings (SSSR count). The van der Waals surface area contributed by atoms with Gasteiger partial charge in [0.2, 0.25) is 0 Å². The summed E-state index contributed by atoms with van der Waals surface area (Å²) < 4.78 is 55.2. The van der Waals surface area contributed by atoms with Crippen LogP contribution in [0.4, 0.5) is 13.2 Å². The average molecular weight is 942 g/mol. The van der Waals surface area contributed by atoms with E-state index in [1.54, 1.807) is 0 Å². The number of halogens is 5. The Morgan fingerprint density at radius 1 is 0.881 bits per heavy atom. The van der Waals surface area contributed by atoms with Crippen LogP contribution in [0, 0.1) is 6.92 Å². The predicted octanol–water partition coefficient (Wildman–Crippen LogP) is 11.3. The third-order valence-electron chi connectivity index (χ3n) is 10.8. The van der Waals surface area contributed by atoms with Crippen LogP contribution in [0.25, 0.3) is 10.8 Å². The number of alkyl halides is 4. The summed E-state index contributed by atoms with van der Waals surface area (Å²) in [7, 11) is 0.973. The topological polar surface area (TPSA) is 108 Å². The van der Waals surface area contributed by atoms with Crippen molar-refractivity contribution in [2.75, 3.05) is 7.11 Å². The van der Waals surface area contributed by atoms with Gasteiger partial charge in [-0.15, -0.1) is 0 Å². The van der Waals surface area contributed by atoms with E-state index in [0.717, 1.165) is 61.6 Å². The number of carboxylic acids is 1. The van der Waals surface area contributed by atoms with E-state index in [1.807, 2.05) is 121 Å². The molecule has 0 amide bonds. The first kappa shape index (κ1) is 47.7. The van der Waals surface area contributed by atoms with E-state index in [1.165, 1.54) is 24.8 Å². The van der Waals surface area contributed by atoms with Gasteiger partial charge in [-0.1, -0.05) is 111 Å². The number of carbonyl (C=O) groups is 2. The number of nitrogens with two attached hydrogens (primary N) is 1. The van der Waals surface area contributed by atoms with Crippen molar-refractivity contribution in [1.82, 2.24) is 0 Å². The summed E-state index contributed by atoms with van der Waals surface area (Å²) in [4.78, 5) is 23.0. The number of hydrogen-bond acceptors (Lipinski definition) is 6. The zero-order valence-electron chi connectivity index (χ0n) is 34.5. The van der Waals surface area contributed by atoms with Crippen LogP contribution >= 0.6 is 31.9 Å². The Hall–Kier alpha value is -4.01. The van der Waals surface area contributed by atoms with Crippen molar-refractivity contribution in [2.45, 2.75) is 95.5 Å². The van der Waals surface area contributed by atoms with Crippen LogP contribution in [0.15, 0.2) is 108 Å². The molecule has 1 unspecified atom stereocenters. The smallest absolute Gasteiger partial charge is 0.478 e. The normalized spacial score (nSPS) is 16.4. The highest BCUT2D eigenvalue weighted by Gasteiger charge is 2.52. The molecule has 1 aliphatic carbocycles. The molecule has 1 saturated heterocycles. The number of benzene rings is 5. The van der Waals surface area contributed by atoms with Crippen molar-refractivity contribution in [3.8, 4) is 0 Å². The molecule has 0 spiro atoms. The van der Waals surface area contributed by atoms with E-state index in [9.17, 15) is 22.8 Å². The van der Waals surface area contributed by atoms with Crippen LogP contribution in [-0.2, 0) is 42.2 Å². The lowest BCUT2D eigenvalue weighted by Gasteiger charge is -2.32. The number of esters is 1. The molecule has 0 saturated carbocycles. The Morgan fingerprint density at radius 3 is 2.08 bits per heavy atom. The number of carboxylic acid groups (broad SMARTS) is 1. The largest absolute Gasteiger partial charge is 0.494 e. The Kier molecular flexibility index (Phi) is 15.8. The first-order valence-electron chi connectivity index (χ1n) is 19.0. The quantitative estimate of drug-likeness (QED) is 0.103. The number of rotatable bonds is 5. The van der Waals surface area contributed by atoms with Gasteiger partial charge in [0.1, 0.15) is 0 Å². The van der Waals surface area contributed by atoms with E-state index in [-0.39, 0.29) is 23.2 Å². The molecule has 1 aliphatic heterocycles. The molecule has 2 aliphatic rings. The van der Waals surface area contributed by atoms with Crippen LogP contribution < -0.4 is 11.2 Å². The highest BCUT2D eigenvalue weighted by Crippen LogP contribution is 2.37. The van der Waals surface area contributed by atoms with Gasteiger partial charge >= 0.3 is 25.2 Å². The number of carbonyl (C=O) groups excluding carboxylic acids is 1. The first-order valence-corrected chi connectivity index (χ1v) is 21.0. The number of hydrogen-bond donors (Lipinski definition) is 2. The van der Waals surface area contributed by atoms with Gasteiger partial charge < -0.3 is 24.9 Å². The third-order valence-corrected chi connectivity index (χ3v) is 12.0. The Morgan fingerprint density at radius 2 is 1.51 bits per heavy atom. The Bertz CT molecular complexity index is 2230. The van der Waals surface area contributed by atoms with Crippen molar-refractivity contribution in [3.05, 3.63) is 147 Å². The van der Waals surface area contributed by atoms with Gasteiger partial charge in [-0.2, -0.15) is 13.2 Å². The summed E-state index contributed by atoms with van der Waals surface area (Å²) in [5.41, 5.74) is 9.51. The summed E-state index contributed by atoms with van der Waals surface area (Å²) in [6.45, 7) is 13.6. The van der Waals surface area contributed by atoms with Crippen molar-refractivity contribution in [2.24, 2.45) is 5.73 Å². The van der Waals surface area contributed by atoms with Gasteiger partial charge in [0.25, 0.3) is 0 Å². The maximum Gasteiger partial charge on any atom is 0.494 e. The molecule has 314 valence electrons. The molecule has 1 atom stereocenters. The Labute approximate surface area is 362 Å². The van der Waals surface area contributed by atoms with Crippen LogP contribution in [0.1, 0.15) is 97.7 Å². The maximum absolute atomic E-state index is 12.3. The van der Waals surface area contributed by atoms with Crippen LogP contribution in [0.5, 0.6) is 0 Å². The molecule has 0 aromatic heterocycles. The molecule has 13 heteroatoms. The zero-order chi connectivity index (χ0) is 43.9. The second-order valence-electron chi connectivity index (χ2n) is 15.9. The summed E-state index contributed by atoms with van der Waals surface area (Å²) in [6.07, 6.45) is -2.73. The summed E-state index contributed by atoms with van der Waals surface area (Å²) >= 11 is 6.73. The average Bonchev–Trinajstić information content (AvgIpc) is 3.67. The second kappa shape index (κ2) is 19.6. The highest BCUT2D eigenvalue weighted by atomic mass is 79.9. The molecule has 1 heterocycles. The third kappa shape index (κ3) is 11.8. The van der Waals surface area contributed by atoms with Crippen molar-refractivity contribution in [1.29, 1.82) is 0 Å². The number of fused-ring (bicyclic) bond motifs is 2. The molecule has 1 fully saturated rings. The minimum absolute atomic E-state index is 0.229. The number of aryl methyl sites for hydroxylation is 2. The van der Waals surface area contributed by atoms with E-state index in [0.29, 0.717) is 11.1 Å². The van der Waals surface area contributed by atoms with Gasteiger partial charge in [0.15, 0.2) is 0 Å². The molecule has 0 radical (unpaired) electrons. The molecule has 7 nitrogen and oxygen atoms in total. The van der Waals surface area contributed by atoms with Crippen LogP contribution in [0.3, 0.4) is 0 Å². The lowest BCUT2D eigenvalue weighted by Crippen LogP contribution is -2.41. The van der Waals surface area contributed by atoms with E-state index < -0.39 is 30.2 Å². The lowest BCUT2D eigenvalue weighted by atomic mass is 9.75. The molecule has 5 aromatic carbocycles. The fourth-order valence-corrected chi connectivity index (χ4v) is 7.11. The molecular formula is C46H51BBr2F3NO6. The summed E-state index contributed by atoms with van der Waals surface area (Å²) in [5.74, 6) is -1.13. The first-order chi connectivity index (χ1) is 27.5. The highest BCUT2D eigenvalue weighted by molar-refractivity contribution is 9.10. The predicted molar refractivity (Wildman–Crippen MR) is 236 cm³/mol. The van der Waals surface area contributed by atoms with Crippen molar-refractivity contribution < 1.29 is 41.9 Å². The van der Waals surface area contributed by atoms with Gasteiger partial charge in [0.05, 0.1) is 34.9 Å². The van der Waals surface area contributed by atoms with Crippen molar-refractivity contribution >= 4 is 67.2 Å². The zero-order valence-corrected chi connectivity index (χ0v) is 37.7. The van der Waals surface area contributed by atoms with Gasteiger partial charge in [0, 0.05) is 15.8 Å². The van der Waals surface area contributed by atoms with E-state index in [2.05, 4.69) is 44.0 Å². The van der Waals surface area contributed by atoms with Crippen LogP contribution in [-0.4, -0.2) is 42.5 Å². The molecular weight excluding hydrogens is 890 g/mol. The monoisotopic (exact) mass is 939 g/mol. The van der Waals surface area contributed by atoms with E-state index in [4.69, 9.17) is 24.9 Å². The van der Waals surface area contributed by atoms with Gasteiger partial charge in [-0.25, -0.2) is 4.79 Å². The summed E-state index contributed by atoms with van der Waals surface area (Å²) in [5, 5.41) is 11.8. The van der Waals surface area contributed by atoms with Gasteiger partial charge in [-0.3, -0.25) is 4.79 Å². The SMILES string of the molecule is BrCc1ccc(Br)cc1.COC(=O)C(C)(C)c1cccc(B2OC(C)(C)C(C)(C)O2)c1.Cc1ccc2ccccc2c1C(=O)O.NC1CCc2ccc(C(F)(F)F)cc21. The molecule has 5 aromatic rings. The molecule has 0 bridgehead atoms. The van der Waals surface area contributed by atoms with Gasteiger partial charge in [-0.05, 0) is 130 Å². The van der Waals surface area contributed by atoms with Crippen LogP contribution in [0.2, 0.25) is 0 Å². The number of ether oxygens (including phenoxy) is 1. The molecule has 3 N–H and O–H groups in total. The fourth-order valence-electron chi connectivity index (χ4n) is 6.47. The van der Waals surface area contributed by atoms with Crippen molar-refractivity contribution in [3.63, 3.8) is 0 Å². The minimum Gasteiger partial charge on any atom is -0.478 e. The Balaban J connectivity index is 0.000000182. The number of aromatic carboxylic acids is 1.